The molecule has 0 amide bonds. The van der Waals surface area contributed by atoms with Gasteiger partial charge in [0.25, 0.3) is 0 Å². The molecule has 6 heteroatoms. The molecule has 0 aromatic carbocycles. The largest absolute Gasteiger partial charge is 0.488 e. The highest BCUT2D eigenvalue weighted by molar-refractivity contribution is 7.15. The van der Waals surface area contributed by atoms with E-state index in [0.29, 0.717) is 0 Å². The summed E-state index contributed by atoms with van der Waals surface area (Å²) in [7, 11) is 0. The Labute approximate surface area is 116 Å². The van der Waals surface area contributed by atoms with Gasteiger partial charge in [0.15, 0.2) is 0 Å². The van der Waals surface area contributed by atoms with E-state index in [0.717, 1.165) is 41.0 Å². The third-order valence-corrected chi connectivity index (χ3v) is 4.09. The minimum absolute atomic E-state index is 0.213. The zero-order chi connectivity index (χ0) is 13.2. The number of pyridine rings is 1. The predicted octanol–water partition coefficient (Wildman–Crippen LogP) is 2.21. The molecule has 3 rings (SSSR count). The maximum absolute atomic E-state index is 6.04. The monoisotopic (exact) mass is 276 g/mol. The van der Waals surface area contributed by atoms with Crippen molar-refractivity contribution in [2.24, 2.45) is 0 Å². The average Bonchev–Trinajstić information content (AvgIpc) is 3.01. The van der Waals surface area contributed by atoms with Gasteiger partial charge in [0.2, 0.25) is 5.13 Å². The lowest BCUT2D eigenvalue weighted by Gasteiger charge is -2.16. The molecule has 0 spiro atoms. The first kappa shape index (κ1) is 12.3. The summed E-state index contributed by atoms with van der Waals surface area (Å²) >= 11 is 1.63. The molecule has 1 unspecified atom stereocenters. The standard InChI is InChI=1S/C13H16N4OS/c1-9-7-14-5-3-12(9)18-11-4-6-17(8-11)13-16-15-10(2)19-13/h3,5,7,11H,4,6,8H2,1-2H3. The van der Waals surface area contributed by atoms with Crippen LogP contribution < -0.4 is 9.64 Å². The van der Waals surface area contributed by atoms with Crippen LogP contribution in [-0.4, -0.2) is 34.4 Å². The maximum atomic E-state index is 6.04. The van der Waals surface area contributed by atoms with Crippen LogP contribution in [0.5, 0.6) is 5.75 Å². The normalized spacial score (nSPS) is 18.8. The molecule has 3 heterocycles. The van der Waals surface area contributed by atoms with Gasteiger partial charge in [-0.05, 0) is 19.9 Å². The second-order valence-electron chi connectivity index (χ2n) is 4.72. The van der Waals surface area contributed by atoms with Gasteiger partial charge in [0, 0.05) is 30.9 Å². The molecule has 1 aliphatic heterocycles. The van der Waals surface area contributed by atoms with Crippen molar-refractivity contribution in [2.45, 2.75) is 26.4 Å². The highest BCUT2D eigenvalue weighted by atomic mass is 32.1. The molecule has 5 nitrogen and oxygen atoms in total. The SMILES string of the molecule is Cc1nnc(N2CCC(Oc3ccncc3C)C2)s1. The molecule has 2 aromatic rings. The number of rotatable bonds is 3. The Morgan fingerprint density at radius 3 is 3.00 bits per heavy atom. The molecule has 19 heavy (non-hydrogen) atoms. The fourth-order valence-corrected chi connectivity index (χ4v) is 2.91. The molecule has 1 atom stereocenters. The van der Waals surface area contributed by atoms with Crippen LogP contribution in [0.1, 0.15) is 17.0 Å². The van der Waals surface area contributed by atoms with E-state index in [4.69, 9.17) is 4.74 Å². The summed E-state index contributed by atoms with van der Waals surface area (Å²) in [5.41, 5.74) is 1.08. The van der Waals surface area contributed by atoms with Crippen LogP contribution in [0.4, 0.5) is 5.13 Å². The second-order valence-corrected chi connectivity index (χ2v) is 5.88. The van der Waals surface area contributed by atoms with E-state index in [1.807, 2.05) is 26.1 Å². The minimum Gasteiger partial charge on any atom is -0.488 e. The van der Waals surface area contributed by atoms with Crippen molar-refractivity contribution in [3.63, 3.8) is 0 Å². The third-order valence-electron chi connectivity index (χ3n) is 3.19. The van der Waals surface area contributed by atoms with Crippen LogP contribution in [0, 0.1) is 13.8 Å². The van der Waals surface area contributed by atoms with E-state index in [2.05, 4.69) is 20.1 Å². The average molecular weight is 276 g/mol. The lowest BCUT2D eigenvalue weighted by atomic mass is 10.2. The first-order chi connectivity index (χ1) is 9.22. The highest BCUT2D eigenvalue weighted by Gasteiger charge is 2.26. The van der Waals surface area contributed by atoms with Crippen molar-refractivity contribution >= 4 is 16.5 Å². The Bertz CT molecular complexity index is 571. The van der Waals surface area contributed by atoms with Crippen LogP contribution in [0.3, 0.4) is 0 Å². The Morgan fingerprint density at radius 1 is 1.37 bits per heavy atom. The maximum Gasteiger partial charge on any atom is 0.208 e. The number of aromatic nitrogens is 3. The van der Waals surface area contributed by atoms with Crippen LogP contribution in [0.2, 0.25) is 0 Å². The van der Waals surface area contributed by atoms with E-state index in [-0.39, 0.29) is 6.10 Å². The minimum atomic E-state index is 0.213. The van der Waals surface area contributed by atoms with Gasteiger partial charge in [-0.15, -0.1) is 10.2 Å². The van der Waals surface area contributed by atoms with Crippen LogP contribution in [0.25, 0.3) is 0 Å². The number of hydrogen-bond acceptors (Lipinski definition) is 6. The molecule has 1 aliphatic rings. The molecule has 0 saturated carbocycles. The molecule has 100 valence electrons. The molecule has 2 aromatic heterocycles. The number of hydrogen-bond donors (Lipinski definition) is 0. The van der Waals surface area contributed by atoms with E-state index in [1.54, 1.807) is 17.5 Å². The quantitative estimate of drug-likeness (QED) is 0.860. The van der Waals surface area contributed by atoms with Gasteiger partial charge in [0.05, 0.1) is 6.54 Å². The van der Waals surface area contributed by atoms with E-state index in [1.165, 1.54) is 0 Å². The molecule has 1 saturated heterocycles. The first-order valence-corrected chi connectivity index (χ1v) is 7.16. The summed E-state index contributed by atoms with van der Waals surface area (Å²) in [6, 6.07) is 1.92. The molecule has 0 radical (unpaired) electrons. The lowest BCUT2D eigenvalue weighted by molar-refractivity contribution is 0.223. The summed E-state index contributed by atoms with van der Waals surface area (Å²) in [4.78, 5) is 6.32. The molecule has 1 fully saturated rings. The van der Waals surface area contributed by atoms with Crippen LogP contribution in [0.15, 0.2) is 18.5 Å². The van der Waals surface area contributed by atoms with Gasteiger partial charge in [-0.3, -0.25) is 4.98 Å². The summed E-state index contributed by atoms with van der Waals surface area (Å²) in [5.74, 6) is 0.926. The van der Waals surface area contributed by atoms with E-state index in [9.17, 15) is 0 Å². The van der Waals surface area contributed by atoms with Crippen molar-refractivity contribution in [3.05, 3.63) is 29.0 Å². The Morgan fingerprint density at radius 2 is 2.26 bits per heavy atom. The van der Waals surface area contributed by atoms with Crippen molar-refractivity contribution in [2.75, 3.05) is 18.0 Å². The first-order valence-electron chi connectivity index (χ1n) is 6.34. The zero-order valence-electron chi connectivity index (χ0n) is 11.0. The second kappa shape index (κ2) is 5.13. The number of anilines is 1. The Balaban J connectivity index is 1.65. The lowest BCUT2D eigenvalue weighted by Crippen LogP contribution is -2.24. The van der Waals surface area contributed by atoms with Crippen molar-refractivity contribution in [3.8, 4) is 5.75 Å². The smallest absolute Gasteiger partial charge is 0.208 e. The van der Waals surface area contributed by atoms with E-state index >= 15 is 0 Å². The number of ether oxygens (including phenoxy) is 1. The fraction of sp³-hybridized carbons (Fsp3) is 0.462. The van der Waals surface area contributed by atoms with Gasteiger partial charge in [-0.1, -0.05) is 11.3 Å². The molecule has 0 N–H and O–H groups in total. The van der Waals surface area contributed by atoms with Gasteiger partial charge < -0.3 is 9.64 Å². The summed E-state index contributed by atoms with van der Waals surface area (Å²) in [5, 5.41) is 10.2. The fourth-order valence-electron chi connectivity index (χ4n) is 2.18. The Kier molecular flexibility index (Phi) is 3.33. The highest BCUT2D eigenvalue weighted by Crippen LogP contribution is 2.26. The van der Waals surface area contributed by atoms with Crippen LogP contribution in [-0.2, 0) is 0 Å². The third kappa shape index (κ3) is 2.68. The molecular weight excluding hydrogens is 260 g/mol. The summed E-state index contributed by atoms with van der Waals surface area (Å²) < 4.78 is 6.04. The summed E-state index contributed by atoms with van der Waals surface area (Å²) in [6.45, 7) is 5.84. The summed E-state index contributed by atoms with van der Waals surface area (Å²) in [6.07, 6.45) is 4.82. The zero-order valence-corrected chi connectivity index (χ0v) is 11.9. The van der Waals surface area contributed by atoms with Crippen LogP contribution >= 0.6 is 11.3 Å². The molecule has 0 bridgehead atoms. The van der Waals surface area contributed by atoms with Crippen molar-refractivity contribution in [1.82, 2.24) is 15.2 Å². The number of nitrogens with zero attached hydrogens (tertiary/aromatic N) is 4. The Hall–Kier alpha value is -1.69. The van der Waals surface area contributed by atoms with Gasteiger partial charge in [-0.2, -0.15) is 0 Å². The van der Waals surface area contributed by atoms with Crippen molar-refractivity contribution < 1.29 is 4.74 Å². The van der Waals surface area contributed by atoms with E-state index < -0.39 is 0 Å². The molecule has 0 aliphatic carbocycles. The number of aryl methyl sites for hydroxylation is 2. The molecular formula is C13H16N4OS. The topological polar surface area (TPSA) is 51.1 Å². The van der Waals surface area contributed by atoms with Gasteiger partial charge in [0.1, 0.15) is 16.9 Å². The predicted molar refractivity (Wildman–Crippen MR) is 74.9 cm³/mol. The van der Waals surface area contributed by atoms with Gasteiger partial charge in [-0.25, -0.2) is 0 Å². The van der Waals surface area contributed by atoms with Gasteiger partial charge >= 0.3 is 0 Å². The van der Waals surface area contributed by atoms with Crippen molar-refractivity contribution in [1.29, 1.82) is 0 Å².